The van der Waals surface area contributed by atoms with Gasteiger partial charge in [-0.3, -0.25) is 14.4 Å². The first-order valence-corrected chi connectivity index (χ1v) is 6.95. The van der Waals surface area contributed by atoms with E-state index >= 15 is 0 Å². The maximum atomic E-state index is 12.2. The van der Waals surface area contributed by atoms with Crippen LogP contribution in [0.25, 0.3) is 0 Å². The standard InChI is InChI=1S/C17H13NO3/c19-16-14-7-3-4-8-15(14)17(20)18(16)21-13-9-11-5-1-2-6-12(11)10-13/h1-8,13H,9-10H2. The smallest absolute Gasteiger partial charge is 0.266 e. The molecule has 1 aliphatic carbocycles. The summed E-state index contributed by atoms with van der Waals surface area (Å²) in [7, 11) is 0. The summed E-state index contributed by atoms with van der Waals surface area (Å²) in [5, 5.41) is 0.918. The molecule has 2 amide bonds. The molecule has 0 radical (unpaired) electrons. The van der Waals surface area contributed by atoms with Crippen molar-refractivity contribution in [2.75, 3.05) is 0 Å². The summed E-state index contributed by atoms with van der Waals surface area (Å²) >= 11 is 0. The fourth-order valence-electron chi connectivity index (χ4n) is 3.00. The second-order valence-corrected chi connectivity index (χ2v) is 5.35. The molecule has 21 heavy (non-hydrogen) atoms. The summed E-state index contributed by atoms with van der Waals surface area (Å²) in [6.07, 6.45) is 1.29. The van der Waals surface area contributed by atoms with E-state index in [1.54, 1.807) is 24.3 Å². The number of rotatable bonds is 2. The Morgan fingerprint density at radius 1 is 0.810 bits per heavy atom. The third-order valence-electron chi connectivity index (χ3n) is 4.02. The number of amides is 2. The SMILES string of the molecule is O=C1c2ccccc2C(=O)N1OC1Cc2ccccc2C1. The molecule has 2 aromatic carbocycles. The monoisotopic (exact) mass is 279 g/mol. The molecule has 0 bridgehead atoms. The molecule has 4 nitrogen and oxygen atoms in total. The quantitative estimate of drug-likeness (QED) is 0.793. The number of imide groups is 1. The fourth-order valence-corrected chi connectivity index (χ4v) is 3.00. The van der Waals surface area contributed by atoms with Gasteiger partial charge in [0.25, 0.3) is 11.8 Å². The lowest BCUT2D eigenvalue weighted by molar-refractivity contribution is -0.128. The van der Waals surface area contributed by atoms with Crippen molar-refractivity contribution in [1.29, 1.82) is 0 Å². The van der Waals surface area contributed by atoms with Crippen LogP contribution >= 0.6 is 0 Å². The predicted molar refractivity (Wildman–Crippen MR) is 75.7 cm³/mol. The fraction of sp³-hybridized carbons (Fsp3) is 0.176. The van der Waals surface area contributed by atoms with Gasteiger partial charge in [0.1, 0.15) is 0 Å². The lowest BCUT2D eigenvalue weighted by atomic mass is 10.1. The maximum Gasteiger partial charge on any atom is 0.285 e. The minimum atomic E-state index is -0.369. The van der Waals surface area contributed by atoms with Gasteiger partial charge in [-0.2, -0.15) is 0 Å². The van der Waals surface area contributed by atoms with Crippen LogP contribution in [0.15, 0.2) is 48.5 Å². The van der Waals surface area contributed by atoms with Gasteiger partial charge in [-0.1, -0.05) is 36.4 Å². The van der Waals surface area contributed by atoms with E-state index < -0.39 is 0 Å². The molecule has 1 aliphatic heterocycles. The summed E-state index contributed by atoms with van der Waals surface area (Å²) in [6.45, 7) is 0. The van der Waals surface area contributed by atoms with Crippen LogP contribution in [0, 0.1) is 0 Å². The average molecular weight is 279 g/mol. The van der Waals surface area contributed by atoms with Gasteiger partial charge in [0.15, 0.2) is 0 Å². The minimum absolute atomic E-state index is 0.162. The highest BCUT2D eigenvalue weighted by Gasteiger charge is 2.38. The highest BCUT2D eigenvalue weighted by atomic mass is 16.7. The third-order valence-corrected chi connectivity index (χ3v) is 4.02. The van der Waals surface area contributed by atoms with Crippen LogP contribution in [0.1, 0.15) is 31.8 Å². The van der Waals surface area contributed by atoms with Crippen molar-refractivity contribution in [3.63, 3.8) is 0 Å². The lowest BCUT2D eigenvalue weighted by Gasteiger charge is -2.18. The molecule has 4 rings (SSSR count). The van der Waals surface area contributed by atoms with Gasteiger partial charge < -0.3 is 0 Å². The van der Waals surface area contributed by atoms with Crippen molar-refractivity contribution in [2.45, 2.75) is 18.9 Å². The highest BCUT2D eigenvalue weighted by Crippen LogP contribution is 2.28. The molecule has 0 N–H and O–H groups in total. The molecule has 2 aromatic rings. The Morgan fingerprint density at radius 2 is 1.29 bits per heavy atom. The minimum Gasteiger partial charge on any atom is -0.266 e. The molecular formula is C17H13NO3. The van der Waals surface area contributed by atoms with E-state index in [-0.39, 0.29) is 17.9 Å². The summed E-state index contributed by atoms with van der Waals surface area (Å²) in [6, 6.07) is 14.9. The number of nitrogens with zero attached hydrogens (tertiary/aromatic N) is 1. The van der Waals surface area contributed by atoms with E-state index in [1.807, 2.05) is 12.1 Å². The van der Waals surface area contributed by atoms with E-state index in [0.29, 0.717) is 11.1 Å². The molecule has 0 aromatic heterocycles. The molecule has 0 spiro atoms. The van der Waals surface area contributed by atoms with Gasteiger partial charge in [-0.15, -0.1) is 5.06 Å². The van der Waals surface area contributed by atoms with Crippen LogP contribution in [0.3, 0.4) is 0 Å². The zero-order valence-corrected chi connectivity index (χ0v) is 11.3. The number of hydroxylamine groups is 2. The summed E-state index contributed by atoms with van der Waals surface area (Å²) in [4.78, 5) is 30.2. The van der Waals surface area contributed by atoms with Crippen molar-refractivity contribution in [2.24, 2.45) is 0 Å². The first kappa shape index (κ1) is 12.3. The van der Waals surface area contributed by atoms with Gasteiger partial charge in [-0.05, 0) is 23.3 Å². The van der Waals surface area contributed by atoms with Gasteiger partial charge >= 0.3 is 0 Å². The molecular weight excluding hydrogens is 266 g/mol. The molecule has 104 valence electrons. The molecule has 1 heterocycles. The third kappa shape index (κ3) is 1.87. The number of carbonyl (C=O) groups is 2. The maximum absolute atomic E-state index is 12.2. The van der Waals surface area contributed by atoms with Crippen LogP contribution in [-0.2, 0) is 17.7 Å². The predicted octanol–water partition coefficient (Wildman–Crippen LogP) is 2.38. The Kier molecular flexibility index (Phi) is 2.65. The van der Waals surface area contributed by atoms with E-state index in [2.05, 4.69) is 12.1 Å². The van der Waals surface area contributed by atoms with Crippen molar-refractivity contribution >= 4 is 11.8 Å². The molecule has 0 saturated carbocycles. The number of benzene rings is 2. The highest BCUT2D eigenvalue weighted by molar-refractivity contribution is 6.20. The molecule has 0 saturated heterocycles. The zero-order chi connectivity index (χ0) is 14.4. The van der Waals surface area contributed by atoms with Gasteiger partial charge in [0.2, 0.25) is 0 Å². The number of hydrogen-bond donors (Lipinski definition) is 0. The van der Waals surface area contributed by atoms with Crippen LogP contribution in [0.4, 0.5) is 0 Å². The van der Waals surface area contributed by atoms with E-state index in [1.165, 1.54) is 11.1 Å². The number of hydrogen-bond acceptors (Lipinski definition) is 3. The Labute approximate surface area is 121 Å². The van der Waals surface area contributed by atoms with Crippen molar-refractivity contribution in [1.82, 2.24) is 5.06 Å². The Hall–Kier alpha value is -2.46. The van der Waals surface area contributed by atoms with Gasteiger partial charge in [0, 0.05) is 12.8 Å². The first-order chi connectivity index (χ1) is 10.2. The van der Waals surface area contributed by atoms with E-state index in [9.17, 15) is 9.59 Å². The molecule has 2 aliphatic rings. The average Bonchev–Trinajstić information content (AvgIpc) is 3.02. The van der Waals surface area contributed by atoms with Crippen molar-refractivity contribution in [3.05, 3.63) is 70.8 Å². The first-order valence-electron chi connectivity index (χ1n) is 6.95. The molecule has 0 fully saturated rings. The Morgan fingerprint density at radius 3 is 1.81 bits per heavy atom. The molecule has 0 atom stereocenters. The summed E-state index contributed by atoms with van der Waals surface area (Å²) in [5.74, 6) is -0.738. The summed E-state index contributed by atoms with van der Waals surface area (Å²) < 4.78 is 0. The molecule has 4 heteroatoms. The molecule has 0 unspecified atom stereocenters. The van der Waals surface area contributed by atoms with Crippen LogP contribution in [-0.4, -0.2) is 23.0 Å². The zero-order valence-electron chi connectivity index (χ0n) is 11.3. The normalized spacial score (nSPS) is 17.2. The number of fused-ring (bicyclic) bond motifs is 2. The Bertz CT molecular complexity index is 693. The van der Waals surface area contributed by atoms with Gasteiger partial charge in [-0.25, -0.2) is 0 Å². The van der Waals surface area contributed by atoms with E-state index in [0.717, 1.165) is 17.9 Å². The van der Waals surface area contributed by atoms with Gasteiger partial charge in [0.05, 0.1) is 17.2 Å². The van der Waals surface area contributed by atoms with E-state index in [4.69, 9.17) is 4.84 Å². The van der Waals surface area contributed by atoms with Crippen molar-refractivity contribution < 1.29 is 14.4 Å². The van der Waals surface area contributed by atoms with Crippen LogP contribution in [0.2, 0.25) is 0 Å². The second kappa shape index (κ2) is 4.53. The number of carbonyl (C=O) groups excluding carboxylic acids is 2. The van der Waals surface area contributed by atoms with Crippen LogP contribution in [0.5, 0.6) is 0 Å². The van der Waals surface area contributed by atoms with Crippen molar-refractivity contribution in [3.8, 4) is 0 Å². The topological polar surface area (TPSA) is 46.6 Å². The second-order valence-electron chi connectivity index (χ2n) is 5.35. The van der Waals surface area contributed by atoms with Crippen LogP contribution < -0.4 is 0 Å². The Balaban J connectivity index is 1.55. The largest absolute Gasteiger partial charge is 0.285 e. The lowest BCUT2D eigenvalue weighted by Crippen LogP contribution is -2.34. The summed E-state index contributed by atoms with van der Waals surface area (Å²) in [5.41, 5.74) is 3.27.